The van der Waals surface area contributed by atoms with Crippen molar-refractivity contribution >= 4 is 5.84 Å². The van der Waals surface area contributed by atoms with Crippen LogP contribution in [0.3, 0.4) is 0 Å². The molecule has 0 radical (unpaired) electrons. The van der Waals surface area contributed by atoms with E-state index in [0.717, 1.165) is 32.0 Å². The molecule has 4 nitrogen and oxygen atoms in total. The Morgan fingerprint density at radius 1 is 1.50 bits per heavy atom. The first-order valence-corrected chi connectivity index (χ1v) is 6.23. The lowest BCUT2D eigenvalue weighted by Gasteiger charge is -2.25. The number of nitrogens with two attached hydrogens (primary N) is 1. The van der Waals surface area contributed by atoms with Crippen LogP contribution in [-0.2, 0) is 0 Å². The van der Waals surface area contributed by atoms with Crippen LogP contribution in [0.15, 0.2) is 5.16 Å². The molecule has 1 aliphatic rings. The normalized spacial score (nSPS) is 18.1. The fraction of sp³-hybridized carbons (Fsp3) is 0.917. The van der Waals surface area contributed by atoms with Crippen molar-refractivity contribution in [2.45, 2.75) is 52.5 Å². The smallest absolute Gasteiger partial charge is 0.144 e. The van der Waals surface area contributed by atoms with E-state index in [9.17, 15) is 0 Å². The van der Waals surface area contributed by atoms with Gasteiger partial charge >= 0.3 is 0 Å². The molecule has 0 unspecified atom stereocenters. The number of amidine groups is 1. The molecule has 0 heterocycles. The van der Waals surface area contributed by atoms with Crippen LogP contribution in [0.5, 0.6) is 0 Å². The number of hydrogen-bond donors (Lipinski definition) is 2. The van der Waals surface area contributed by atoms with E-state index in [0.29, 0.717) is 5.84 Å². The van der Waals surface area contributed by atoms with Crippen LogP contribution in [0.25, 0.3) is 0 Å². The summed E-state index contributed by atoms with van der Waals surface area (Å²) in [5.41, 5.74) is 5.46. The average Bonchev–Trinajstić information content (AvgIpc) is 3.07. The van der Waals surface area contributed by atoms with Crippen molar-refractivity contribution in [1.82, 2.24) is 4.90 Å². The molecule has 16 heavy (non-hydrogen) atoms. The second kappa shape index (κ2) is 5.53. The van der Waals surface area contributed by atoms with E-state index in [-0.39, 0.29) is 5.41 Å². The summed E-state index contributed by atoms with van der Waals surface area (Å²) in [4.78, 5) is 2.53. The van der Waals surface area contributed by atoms with Gasteiger partial charge in [0, 0.05) is 11.5 Å². The third-order valence-electron chi connectivity index (χ3n) is 3.52. The maximum Gasteiger partial charge on any atom is 0.144 e. The predicted molar refractivity (Wildman–Crippen MR) is 66.7 cm³/mol. The van der Waals surface area contributed by atoms with Gasteiger partial charge in [0.15, 0.2) is 0 Å². The summed E-state index contributed by atoms with van der Waals surface area (Å²) in [6.07, 6.45) is 4.79. The molecule has 94 valence electrons. The summed E-state index contributed by atoms with van der Waals surface area (Å²) in [7, 11) is 0. The Morgan fingerprint density at radius 3 is 2.56 bits per heavy atom. The maximum atomic E-state index is 8.68. The molecule has 3 N–H and O–H groups in total. The SMILES string of the molecule is CCN(CCCC(C)(C)C(N)=NO)C1CC1. The van der Waals surface area contributed by atoms with Crippen molar-refractivity contribution in [3.8, 4) is 0 Å². The molecule has 1 aliphatic carbocycles. The van der Waals surface area contributed by atoms with Gasteiger partial charge in [-0.2, -0.15) is 0 Å². The average molecular weight is 227 g/mol. The molecule has 1 rings (SSSR count). The first-order valence-electron chi connectivity index (χ1n) is 6.23. The van der Waals surface area contributed by atoms with Crippen LogP contribution in [0.4, 0.5) is 0 Å². The second-order valence-corrected chi connectivity index (χ2v) is 5.33. The van der Waals surface area contributed by atoms with Crippen molar-refractivity contribution in [1.29, 1.82) is 0 Å². The quantitative estimate of drug-likeness (QED) is 0.303. The zero-order valence-corrected chi connectivity index (χ0v) is 10.7. The lowest BCUT2D eigenvalue weighted by molar-refractivity contribution is 0.257. The molecule has 0 amide bonds. The Balaban J connectivity index is 2.28. The largest absolute Gasteiger partial charge is 0.409 e. The Bertz CT molecular complexity index is 247. The minimum atomic E-state index is -0.197. The van der Waals surface area contributed by atoms with Crippen molar-refractivity contribution < 1.29 is 5.21 Å². The third kappa shape index (κ3) is 3.67. The predicted octanol–water partition coefficient (Wildman–Crippen LogP) is 2.02. The van der Waals surface area contributed by atoms with Gasteiger partial charge in [-0.3, -0.25) is 0 Å². The molecule has 1 fully saturated rings. The van der Waals surface area contributed by atoms with E-state index in [2.05, 4.69) is 17.0 Å². The highest BCUT2D eigenvalue weighted by Crippen LogP contribution is 2.28. The van der Waals surface area contributed by atoms with Crippen LogP contribution in [-0.4, -0.2) is 35.1 Å². The van der Waals surface area contributed by atoms with Crippen molar-refractivity contribution in [3.05, 3.63) is 0 Å². The number of oxime groups is 1. The molecular formula is C12H25N3O. The summed E-state index contributed by atoms with van der Waals surface area (Å²) < 4.78 is 0. The van der Waals surface area contributed by atoms with Crippen LogP contribution in [0, 0.1) is 5.41 Å². The lowest BCUT2D eigenvalue weighted by Crippen LogP contribution is -2.33. The zero-order chi connectivity index (χ0) is 12.2. The standard InChI is InChI=1S/C12H25N3O/c1-4-15(10-6-7-10)9-5-8-12(2,3)11(13)14-16/h10,16H,4-9H2,1-3H3,(H2,13,14). The van der Waals surface area contributed by atoms with Crippen molar-refractivity contribution in [3.63, 3.8) is 0 Å². The zero-order valence-electron chi connectivity index (χ0n) is 10.7. The van der Waals surface area contributed by atoms with E-state index in [1.54, 1.807) is 0 Å². The van der Waals surface area contributed by atoms with Crippen LogP contribution in [0.2, 0.25) is 0 Å². The van der Waals surface area contributed by atoms with Crippen molar-refractivity contribution in [2.75, 3.05) is 13.1 Å². The molecule has 0 aromatic carbocycles. The first-order chi connectivity index (χ1) is 7.51. The minimum Gasteiger partial charge on any atom is -0.409 e. The summed E-state index contributed by atoms with van der Waals surface area (Å²) in [6.45, 7) is 8.52. The van der Waals surface area contributed by atoms with Gasteiger partial charge in [0.1, 0.15) is 5.84 Å². The minimum absolute atomic E-state index is 0.197. The van der Waals surface area contributed by atoms with E-state index in [1.165, 1.54) is 12.8 Å². The molecular weight excluding hydrogens is 202 g/mol. The highest BCUT2D eigenvalue weighted by atomic mass is 16.4. The van der Waals surface area contributed by atoms with Gasteiger partial charge in [-0.05, 0) is 38.8 Å². The highest BCUT2D eigenvalue weighted by molar-refractivity contribution is 5.85. The number of nitrogens with zero attached hydrogens (tertiary/aromatic N) is 2. The molecule has 0 saturated heterocycles. The van der Waals surface area contributed by atoms with Crippen LogP contribution in [0.1, 0.15) is 46.5 Å². The fourth-order valence-electron chi connectivity index (χ4n) is 2.03. The van der Waals surface area contributed by atoms with E-state index >= 15 is 0 Å². The number of rotatable bonds is 7. The molecule has 0 aliphatic heterocycles. The molecule has 0 atom stereocenters. The highest BCUT2D eigenvalue weighted by Gasteiger charge is 2.28. The summed E-state index contributed by atoms with van der Waals surface area (Å²) in [5.74, 6) is 0.335. The van der Waals surface area contributed by atoms with E-state index < -0.39 is 0 Å². The molecule has 0 aromatic heterocycles. The van der Waals surface area contributed by atoms with E-state index in [1.807, 2.05) is 13.8 Å². The molecule has 0 bridgehead atoms. The van der Waals surface area contributed by atoms with Gasteiger partial charge in [-0.1, -0.05) is 25.9 Å². The molecule has 0 aromatic rings. The van der Waals surface area contributed by atoms with Crippen LogP contribution >= 0.6 is 0 Å². The summed E-state index contributed by atoms with van der Waals surface area (Å²) in [6, 6.07) is 0.831. The van der Waals surface area contributed by atoms with Gasteiger partial charge in [0.2, 0.25) is 0 Å². The molecule has 1 saturated carbocycles. The summed E-state index contributed by atoms with van der Waals surface area (Å²) in [5, 5.41) is 11.8. The maximum absolute atomic E-state index is 8.68. The Morgan fingerprint density at radius 2 is 2.12 bits per heavy atom. The van der Waals surface area contributed by atoms with Gasteiger partial charge < -0.3 is 15.8 Å². The topological polar surface area (TPSA) is 61.8 Å². The first kappa shape index (κ1) is 13.3. The van der Waals surface area contributed by atoms with Gasteiger partial charge in [0.05, 0.1) is 0 Å². The second-order valence-electron chi connectivity index (χ2n) is 5.33. The molecule has 4 heteroatoms. The third-order valence-corrected chi connectivity index (χ3v) is 3.52. The van der Waals surface area contributed by atoms with E-state index in [4.69, 9.17) is 10.9 Å². The molecule has 0 spiro atoms. The Hall–Kier alpha value is -0.770. The van der Waals surface area contributed by atoms with Gasteiger partial charge in [0.25, 0.3) is 0 Å². The Labute approximate surface area is 98.5 Å². The van der Waals surface area contributed by atoms with Crippen molar-refractivity contribution in [2.24, 2.45) is 16.3 Å². The monoisotopic (exact) mass is 227 g/mol. The summed E-state index contributed by atoms with van der Waals surface area (Å²) >= 11 is 0. The lowest BCUT2D eigenvalue weighted by atomic mass is 9.86. The van der Waals surface area contributed by atoms with Gasteiger partial charge in [-0.15, -0.1) is 0 Å². The fourth-order valence-corrected chi connectivity index (χ4v) is 2.03. The Kier molecular flexibility index (Phi) is 4.59. The van der Waals surface area contributed by atoms with Crippen LogP contribution < -0.4 is 5.73 Å². The number of hydrogen-bond acceptors (Lipinski definition) is 3. The van der Waals surface area contributed by atoms with Gasteiger partial charge in [-0.25, -0.2) is 0 Å².